The molecule has 0 aliphatic carbocycles. The van der Waals surface area contributed by atoms with E-state index < -0.39 is 0 Å². The molecule has 5 nitrogen and oxygen atoms in total. The first-order valence-corrected chi connectivity index (χ1v) is 10.5. The monoisotopic (exact) mass is 418 g/mol. The Balaban J connectivity index is 2.07. The van der Waals surface area contributed by atoms with Crippen molar-refractivity contribution < 1.29 is 4.79 Å². The predicted molar refractivity (Wildman–Crippen MR) is 130 cm³/mol. The maximum absolute atomic E-state index is 12.6. The summed E-state index contributed by atoms with van der Waals surface area (Å²) in [5.41, 5.74) is 9.73. The van der Waals surface area contributed by atoms with E-state index in [-0.39, 0.29) is 5.91 Å². The average molecular weight is 419 g/mol. The van der Waals surface area contributed by atoms with Crippen LogP contribution in [0.25, 0.3) is 0 Å². The van der Waals surface area contributed by atoms with Crippen molar-refractivity contribution in [2.45, 2.75) is 54.5 Å². The molecule has 5 heteroatoms. The van der Waals surface area contributed by atoms with Crippen LogP contribution in [0.4, 0.5) is 5.69 Å². The molecular weight excluding hydrogens is 384 g/mol. The molecule has 0 fully saturated rings. The molecule has 0 radical (unpaired) electrons. The second-order valence-corrected chi connectivity index (χ2v) is 8.13. The number of aryl methyl sites for hydroxylation is 4. The lowest BCUT2D eigenvalue weighted by Crippen LogP contribution is -2.25. The highest BCUT2D eigenvalue weighted by molar-refractivity contribution is 5.95. The molecule has 1 heterocycles. The molecule has 0 aliphatic rings. The maximum atomic E-state index is 12.6. The molecule has 0 spiro atoms. The highest BCUT2D eigenvalue weighted by Gasteiger charge is 2.10. The van der Waals surface area contributed by atoms with Crippen molar-refractivity contribution in [3.05, 3.63) is 81.8 Å². The minimum absolute atomic E-state index is 0.189. The summed E-state index contributed by atoms with van der Waals surface area (Å²) in [7, 11) is 1.85. The van der Waals surface area contributed by atoms with E-state index in [0.29, 0.717) is 18.5 Å². The van der Waals surface area contributed by atoms with Gasteiger partial charge in [-0.3, -0.25) is 14.8 Å². The number of allylic oxidation sites excluding steroid dienone is 1. The molecule has 2 rings (SSSR count). The van der Waals surface area contributed by atoms with Crippen LogP contribution in [0.1, 0.15) is 47.5 Å². The SMILES string of the molecule is C=C(/C=C(/Cc1ccc(N=C(C)C)c(C)c1)NC)C(=O)NCc1c(C)cc(C)nc1C. The molecule has 0 saturated carbocycles. The second-order valence-electron chi connectivity index (χ2n) is 8.13. The van der Waals surface area contributed by atoms with Crippen LogP contribution in [0.3, 0.4) is 0 Å². The standard InChI is InChI=1S/C26H34N4O/c1-16(2)29-25-10-9-22(12-18(25)4)14-23(27-8)13-19(5)26(31)28-15-24-17(3)11-20(6)30-21(24)7/h9-13,27H,5,14-15H2,1-4,6-8H3,(H,28,31)/b23-13-. The molecular formula is C26H34N4O. The van der Waals surface area contributed by atoms with Gasteiger partial charge >= 0.3 is 0 Å². The first-order valence-electron chi connectivity index (χ1n) is 10.5. The van der Waals surface area contributed by atoms with Crippen LogP contribution in [0.15, 0.2) is 53.2 Å². The number of rotatable bonds is 8. The van der Waals surface area contributed by atoms with Crippen LogP contribution in [-0.4, -0.2) is 23.7 Å². The Morgan fingerprint density at radius 3 is 2.42 bits per heavy atom. The third-order valence-electron chi connectivity index (χ3n) is 5.07. The van der Waals surface area contributed by atoms with E-state index >= 15 is 0 Å². The largest absolute Gasteiger partial charge is 0.391 e. The van der Waals surface area contributed by atoms with E-state index in [0.717, 1.165) is 50.7 Å². The molecule has 1 aromatic carbocycles. The third-order valence-corrected chi connectivity index (χ3v) is 5.07. The van der Waals surface area contributed by atoms with E-state index in [1.54, 1.807) is 6.08 Å². The Hall–Kier alpha value is -3.21. The van der Waals surface area contributed by atoms with Crippen molar-refractivity contribution >= 4 is 17.3 Å². The minimum atomic E-state index is -0.189. The molecule has 0 bridgehead atoms. The smallest absolute Gasteiger partial charge is 0.251 e. The normalized spacial score (nSPS) is 11.1. The number of nitrogens with zero attached hydrogens (tertiary/aromatic N) is 2. The Morgan fingerprint density at radius 1 is 1.13 bits per heavy atom. The molecule has 1 aromatic heterocycles. The lowest BCUT2D eigenvalue weighted by Gasteiger charge is -2.13. The van der Waals surface area contributed by atoms with Gasteiger partial charge in [-0.15, -0.1) is 0 Å². The summed E-state index contributed by atoms with van der Waals surface area (Å²) in [6, 6.07) is 8.26. The minimum Gasteiger partial charge on any atom is -0.391 e. The van der Waals surface area contributed by atoms with Gasteiger partial charge in [0.1, 0.15) is 0 Å². The van der Waals surface area contributed by atoms with Gasteiger partial charge in [0, 0.05) is 48.4 Å². The molecule has 0 unspecified atom stereocenters. The van der Waals surface area contributed by atoms with Crippen molar-refractivity contribution in [3.8, 4) is 0 Å². The van der Waals surface area contributed by atoms with Gasteiger partial charge in [0.15, 0.2) is 0 Å². The van der Waals surface area contributed by atoms with Crippen molar-refractivity contribution in [1.82, 2.24) is 15.6 Å². The Kier molecular flexibility index (Phi) is 8.31. The van der Waals surface area contributed by atoms with E-state index in [9.17, 15) is 4.79 Å². The fraction of sp³-hybridized carbons (Fsp3) is 0.346. The van der Waals surface area contributed by atoms with Crippen LogP contribution >= 0.6 is 0 Å². The zero-order valence-electron chi connectivity index (χ0n) is 19.8. The molecule has 0 atom stereocenters. The first-order chi connectivity index (χ1) is 14.6. The van der Waals surface area contributed by atoms with Gasteiger partial charge in [-0.1, -0.05) is 18.7 Å². The molecule has 0 saturated heterocycles. The van der Waals surface area contributed by atoms with E-state index in [2.05, 4.69) is 46.2 Å². The van der Waals surface area contributed by atoms with Crippen LogP contribution in [0.2, 0.25) is 0 Å². The average Bonchev–Trinajstić information content (AvgIpc) is 2.68. The van der Waals surface area contributed by atoms with Crippen LogP contribution in [0.5, 0.6) is 0 Å². The number of aliphatic imine (C=N–C) groups is 1. The zero-order chi connectivity index (χ0) is 23.1. The van der Waals surface area contributed by atoms with Crippen molar-refractivity contribution in [2.75, 3.05) is 7.05 Å². The Morgan fingerprint density at radius 2 is 1.84 bits per heavy atom. The summed E-state index contributed by atoms with van der Waals surface area (Å²) in [6.07, 6.45) is 2.48. The van der Waals surface area contributed by atoms with Gasteiger partial charge in [-0.25, -0.2) is 0 Å². The van der Waals surface area contributed by atoms with E-state index in [1.807, 2.05) is 53.8 Å². The lowest BCUT2D eigenvalue weighted by molar-refractivity contribution is -0.117. The van der Waals surface area contributed by atoms with Crippen LogP contribution < -0.4 is 10.6 Å². The second kappa shape index (κ2) is 10.7. The molecule has 2 N–H and O–H groups in total. The number of carbonyl (C=O) groups is 1. The Bertz CT molecular complexity index is 1020. The van der Waals surface area contributed by atoms with Gasteiger partial charge in [0.25, 0.3) is 5.91 Å². The highest BCUT2D eigenvalue weighted by Crippen LogP contribution is 2.21. The summed E-state index contributed by atoms with van der Waals surface area (Å²) in [5.74, 6) is -0.189. The molecule has 31 heavy (non-hydrogen) atoms. The number of pyridine rings is 1. The van der Waals surface area contributed by atoms with Crippen LogP contribution in [-0.2, 0) is 17.8 Å². The zero-order valence-corrected chi connectivity index (χ0v) is 19.8. The van der Waals surface area contributed by atoms with Crippen molar-refractivity contribution in [3.63, 3.8) is 0 Å². The summed E-state index contributed by atoms with van der Waals surface area (Å²) in [4.78, 5) is 21.6. The van der Waals surface area contributed by atoms with E-state index in [4.69, 9.17) is 0 Å². The van der Waals surface area contributed by atoms with E-state index in [1.165, 1.54) is 0 Å². The molecule has 0 aliphatic heterocycles. The highest BCUT2D eigenvalue weighted by atomic mass is 16.1. The van der Waals surface area contributed by atoms with Crippen molar-refractivity contribution in [1.29, 1.82) is 0 Å². The third kappa shape index (κ3) is 6.92. The number of hydrogen-bond donors (Lipinski definition) is 2. The maximum Gasteiger partial charge on any atom is 0.251 e. The predicted octanol–water partition coefficient (Wildman–Crippen LogP) is 4.95. The molecule has 2 aromatic rings. The van der Waals surface area contributed by atoms with Gasteiger partial charge in [0.2, 0.25) is 0 Å². The number of carbonyl (C=O) groups excluding carboxylic acids is 1. The number of amides is 1. The summed E-state index contributed by atoms with van der Waals surface area (Å²) >= 11 is 0. The number of benzene rings is 1. The van der Waals surface area contributed by atoms with Crippen LogP contribution in [0, 0.1) is 27.7 Å². The quantitative estimate of drug-likeness (QED) is 0.362. The van der Waals surface area contributed by atoms with Crippen molar-refractivity contribution in [2.24, 2.45) is 4.99 Å². The summed E-state index contributed by atoms with van der Waals surface area (Å²) in [5, 5.41) is 6.15. The topological polar surface area (TPSA) is 66.4 Å². The summed E-state index contributed by atoms with van der Waals surface area (Å²) in [6.45, 7) is 16.4. The number of hydrogen-bond acceptors (Lipinski definition) is 4. The fourth-order valence-corrected chi connectivity index (χ4v) is 3.50. The fourth-order valence-electron chi connectivity index (χ4n) is 3.50. The van der Waals surface area contributed by atoms with Gasteiger partial charge in [-0.2, -0.15) is 0 Å². The molecule has 164 valence electrons. The summed E-state index contributed by atoms with van der Waals surface area (Å²) < 4.78 is 0. The number of nitrogens with one attached hydrogen (secondary N) is 2. The molecule has 1 amide bonds. The Labute approximate surface area is 186 Å². The lowest BCUT2D eigenvalue weighted by atomic mass is 10.0. The number of likely N-dealkylation sites (N-methyl/N-ethyl adjacent to an activating group) is 1. The van der Waals surface area contributed by atoms with Gasteiger partial charge in [0.05, 0.1) is 5.69 Å². The van der Waals surface area contributed by atoms with Gasteiger partial charge < -0.3 is 10.6 Å². The van der Waals surface area contributed by atoms with Gasteiger partial charge in [-0.05, 0) is 82.0 Å². The first kappa shape index (κ1) is 24.1. The number of aromatic nitrogens is 1.